The molecule has 0 fully saturated rings. The summed E-state index contributed by atoms with van der Waals surface area (Å²) in [5, 5.41) is 18.8. The first-order valence-corrected chi connectivity index (χ1v) is 6.01. The van der Waals surface area contributed by atoms with Gasteiger partial charge in [0.2, 0.25) is 0 Å². The molecular weight excluding hydrogens is 282 g/mol. The first-order chi connectivity index (χ1) is 9.41. The van der Waals surface area contributed by atoms with Gasteiger partial charge < -0.3 is 10.2 Å². The molecule has 0 radical (unpaired) electrons. The zero-order valence-electron chi connectivity index (χ0n) is 10.4. The maximum absolute atomic E-state index is 11.4. The normalized spacial score (nSPS) is 10.3. The number of nitrogens with zero attached hydrogens (tertiary/aromatic N) is 1. The lowest BCUT2D eigenvalue weighted by Gasteiger charge is -2.12. The van der Waals surface area contributed by atoms with E-state index in [9.17, 15) is 19.8 Å². The highest BCUT2D eigenvalue weighted by Gasteiger charge is 2.22. The Balaban J connectivity index is 2.83. The Kier molecular flexibility index (Phi) is 3.72. The molecule has 0 aliphatic heterocycles. The lowest BCUT2D eigenvalue weighted by molar-refractivity contribution is 0.0695. The third kappa shape index (κ3) is 2.48. The van der Waals surface area contributed by atoms with E-state index in [4.69, 9.17) is 11.6 Å². The van der Waals surface area contributed by atoms with Crippen molar-refractivity contribution in [2.24, 2.45) is 0 Å². The second-order valence-electron chi connectivity index (χ2n) is 4.16. The van der Waals surface area contributed by atoms with Crippen LogP contribution in [0.1, 0.15) is 26.3 Å². The van der Waals surface area contributed by atoms with E-state index in [-0.39, 0.29) is 21.8 Å². The Morgan fingerprint density at radius 3 is 2.30 bits per heavy atom. The molecule has 2 N–H and O–H groups in total. The number of carbonyl (C=O) groups is 2. The number of rotatable bonds is 3. The molecule has 0 saturated carbocycles. The van der Waals surface area contributed by atoms with Gasteiger partial charge in [0.05, 0.1) is 11.1 Å². The van der Waals surface area contributed by atoms with E-state index in [0.717, 1.165) is 0 Å². The van der Waals surface area contributed by atoms with E-state index in [1.54, 1.807) is 13.0 Å². The van der Waals surface area contributed by atoms with E-state index in [0.29, 0.717) is 11.1 Å². The minimum absolute atomic E-state index is 0.0472. The Bertz CT molecular complexity index is 695. The molecule has 1 heterocycles. The van der Waals surface area contributed by atoms with E-state index in [2.05, 4.69) is 4.98 Å². The van der Waals surface area contributed by atoms with Gasteiger partial charge in [0, 0.05) is 17.3 Å². The van der Waals surface area contributed by atoms with Crippen LogP contribution in [0.4, 0.5) is 0 Å². The fraction of sp³-hybridized carbons (Fsp3) is 0.0714. The number of carboxylic acids is 2. The van der Waals surface area contributed by atoms with Gasteiger partial charge in [-0.1, -0.05) is 17.7 Å². The Labute approximate surface area is 119 Å². The van der Waals surface area contributed by atoms with Gasteiger partial charge >= 0.3 is 11.9 Å². The number of halogens is 1. The molecule has 2 rings (SSSR count). The van der Waals surface area contributed by atoms with Crippen molar-refractivity contribution in [1.82, 2.24) is 4.98 Å². The molecule has 0 aliphatic rings. The lowest BCUT2D eigenvalue weighted by atomic mass is 9.92. The van der Waals surface area contributed by atoms with Crippen molar-refractivity contribution in [2.75, 3.05) is 0 Å². The van der Waals surface area contributed by atoms with Crippen LogP contribution in [0.3, 0.4) is 0 Å². The molecule has 0 bridgehead atoms. The Hall–Kier alpha value is -2.40. The van der Waals surface area contributed by atoms with Crippen LogP contribution >= 0.6 is 11.6 Å². The van der Waals surface area contributed by atoms with Gasteiger partial charge in [-0.05, 0) is 30.7 Å². The van der Waals surface area contributed by atoms with Crippen molar-refractivity contribution in [3.63, 3.8) is 0 Å². The van der Waals surface area contributed by atoms with Crippen molar-refractivity contribution in [2.45, 2.75) is 6.92 Å². The van der Waals surface area contributed by atoms with Crippen molar-refractivity contribution in [1.29, 1.82) is 0 Å². The quantitative estimate of drug-likeness (QED) is 0.848. The number of hydrogen-bond acceptors (Lipinski definition) is 3. The zero-order valence-corrected chi connectivity index (χ0v) is 11.2. The summed E-state index contributed by atoms with van der Waals surface area (Å²) in [6, 6.07) is 5.88. The summed E-state index contributed by atoms with van der Waals surface area (Å²) >= 11 is 5.69. The molecule has 0 unspecified atom stereocenters. The molecular formula is C14H10ClNO4. The second-order valence-corrected chi connectivity index (χ2v) is 4.55. The number of carboxylic acid groups (broad SMARTS) is 2. The fourth-order valence-corrected chi connectivity index (χ4v) is 2.10. The van der Waals surface area contributed by atoms with Gasteiger partial charge in [0.1, 0.15) is 5.15 Å². The third-order valence-electron chi connectivity index (χ3n) is 2.87. The molecule has 1 aromatic carbocycles. The minimum Gasteiger partial charge on any atom is -0.478 e. The fourth-order valence-electron chi connectivity index (χ4n) is 1.98. The molecule has 0 saturated heterocycles. The van der Waals surface area contributed by atoms with Crippen LogP contribution in [0.5, 0.6) is 0 Å². The standard InChI is InChI=1S/C14H10ClNO4/c1-7-2-4-9(13(17)18)12(11(7)14(19)20)8-3-5-10(15)16-6-8/h2-6H,1H3,(H,17,18)(H,19,20). The second kappa shape index (κ2) is 5.30. The van der Waals surface area contributed by atoms with Crippen LogP contribution in [0.2, 0.25) is 5.15 Å². The Morgan fingerprint density at radius 2 is 1.80 bits per heavy atom. The van der Waals surface area contributed by atoms with Crippen molar-refractivity contribution >= 4 is 23.5 Å². The maximum Gasteiger partial charge on any atom is 0.336 e. The number of benzene rings is 1. The number of aromatic nitrogens is 1. The molecule has 5 nitrogen and oxygen atoms in total. The van der Waals surface area contributed by atoms with Gasteiger partial charge in [-0.25, -0.2) is 14.6 Å². The van der Waals surface area contributed by atoms with Crippen LogP contribution in [-0.4, -0.2) is 27.1 Å². The van der Waals surface area contributed by atoms with E-state index < -0.39 is 11.9 Å². The van der Waals surface area contributed by atoms with Gasteiger partial charge in [-0.3, -0.25) is 0 Å². The molecule has 6 heteroatoms. The monoisotopic (exact) mass is 291 g/mol. The minimum atomic E-state index is -1.20. The molecule has 0 atom stereocenters. The van der Waals surface area contributed by atoms with E-state index >= 15 is 0 Å². The van der Waals surface area contributed by atoms with Crippen LogP contribution in [0.25, 0.3) is 11.1 Å². The lowest BCUT2D eigenvalue weighted by Crippen LogP contribution is -2.09. The number of aryl methyl sites for hydroxylation is 1. The predicted molar refractivity (Wildman–Crippen MR) is 73.3 cm³/mol. The largest absolute Gasteiger partial charge is 0.478 e. The average Bonchev–Trinajstić information content (AvgIpc) is 2.38. The summed E-state index contributed by atoms with van der Waals surface area (Å²) < 4.78 is 0. The van der Waals surface area contributed by atoms with Gasteiger partial charge in [-0.15, -0.1) is 0 Å². The van der Waals surface area contributed by atoms with Gasteiger partial charge in [0.25, 0.3) is 0 Å². The van der Waals surface area contributed by atoms with E-state index in [1.165, 1.54) is 24.4 Å². The molecule has 20 heavy (non-hydrogen) atoms. The first kappa shape index (κ1) is 14.0. The summed E-state index contributed by atoms with van der Waals surface area (Å²) in [6.45, 7) is 1.61. The highest BCUT2D eigenvalue weighted by molar-refractivity contribution is 6.29. The number of aromatic carboxylic acids is 2. The van der Waals surface area contributed by atoms with Crippen LogP contribution < -0.4 is 0 Å². The molecule has 0 amide bonds. The first-order valence-electron chi connectivity index (χ1n) is 5.64. The molecule has 0 aliphatic carbocycles. The summed E-state index contributed by atoms with van der Waals surface area (Å²) in [4.78, 5) is 26.6. The molecule has 1 aromatic heterocycles. The smallest absolute Gasteiger partial charge is 0.336 e. The van der Waals surface area contributed by atoms with Gasteiger partial charge in [-0.2, -0.15) is 0 Å². The SMILES string of the molecule is Cc1ccc(C(=O)O)c(-c2ccc(Cl)nc2)c1C(=O)O. The van der Waals surface area contributed by atoms with Crippen LogP contribution in [0, 0.1) is 6.92 Å². The van der Waals surface area contributed by atoms with Crippen molar-refractivity contribution in [3.8, 4) is 11.1 Å². The average molecular weight is 292 g/mol. The summed E-state index contributed by atoms with van der Waals surface area (Å²) in [6.07, 6.45) is 1.36. The number of hydrogen-bond donors (Lipinski definition) is 2. The highest BCUT2D eigenvalue weighted by atomic mass is 35.5. The third-order valence-corrected chi connectivity index (χ3v) is 3.10. The van der Waals surface area contributed by atoms with Gasteiger partial charge in [0.15, 0.2) is 0 Å². The molecule has 2 aromatic rings. The summed E-state index contributed by atoms with van der Waals surface area (Å²) in [5.41, 5.74) is 0.876. The highest BCUT2D eigenvalue weighted by Crippen LogP contribution is 2.30. The summed E-state index contributed by atoms with van der Waals surface area (Å²) in [5.74, 6) is -2.38. The maximum atomic E-state index is 11.4. The molecule has 102 valence electrons. The topological polar surface area (TPSA) is 87.5 Å². The van der Waals surface area contributed by atoms with Crippen molar-refractivity contribution in [3.05, 3.63) is 52.3 Å². The Morgan fingerprint density at radius 1 is 1.10 bits per heavy atom. The van der Waals surface area contributed by atoms with Crippen molar-refractivity contribution < 1.29 is 19.8 Å². The van der Waals surface area contributed by atoms with Crippen LogP contribution in [-0.2, 0) is 0 Å². The zero-order chi connectivity index (χ0) is 14.9. The molecule has 0 spiro atoms. The van der Waals surface area contributed by atoms with E-state index in [1.807, 2.05) is 0 Å². The van der Waals surface area contributed by atoms with Crippen LogP contribution in [0.15, 0.2) is 30.5 Å². The predicted octanol–water partition coefficient (Wildman–Crippen LogP) is 3.11. The number of pyridine rings is 1. The summed E-state index contributed by atoms with van der Waals surface area (Å²) in [7, 11) is 0.